The lowest BCUT2D eigenvalue weighted by atomic mass is 10.0. The molecule has 27 heavy (non-hydrogen) atoms. The van der Waals surface area contributed by atoms with Gasteiger partial charge in [-0.1, -0.05) is 48.3 Å². The number of carbonyl (C=O) groups is 1. The molecule has 0 aliphatic rings. The molecule has 0 unspecified atom stereocenters. The summed E-state index contributed by atoms with van der Waals surface area (Å²) >= 11 is 12.0. The lowest BCUT2D eigenvalue weighted by molar-refractivity contribution is -0.121. The van der Waals surface area contributed by atoms with E-state index in [1.807, 2.05) is 32.0 Å². The molecule has 0 spiro atoms. The Bertz CT molecular complexity index is 795. The standard InChI is InChI=1S/C21H25Cl2NO3/c1-5-16-8-6-7-14(2)21(16)24(15(3)12-26-4)20(25)13-27-19-10-9-17(22)11-18(19)23/h6-11,15H,5,12-13H2,1-4H3/t15-/m1/s1. The van der Waals surface area contributed by atoms with Crippen molar-refractivity contribution in [3.63, 3.8) is 0 Å². The van der Waals surface area contributed by atoms with Gasteiger partial charge in [0.25, 0.3) is 5.91 Å². The molecular weight excluding hydrogens is 385 g/mol. The normalized spacial score (nSPS) is 11.9. The zero-order valence-electron chi connectivity index (χ0n) is 16.1. The highest BCUT2D eigenvalue weighted by molar-refractivity contribution is 6.35. The molecule has 0 saturated carbocycles. The van der Waals surface area contributed by atoms with Gasteiger partial charge < -0.3 is 14.4 Å². The maximum Gasteiger partial charge on any atom is 0.265 e. The maximum atomic E-state index is 13.1. The topological polar surface area (TPSA) is 38.8 Å². The average Bonchev–Trinajstić information content (AvgIpc) is 2.62. The predicted octanol–water partition coefficient (Wildman–Crippen LogP) is 5.31. The van der Waals surface area contributed by atoms with Crippen LogP contribution < -0.4 is 9.64 Å². The zero-order chi connectivity index (χ0) is 20.0. The summed E-state index contributed by atoms with van der Waals surface area (Å²) in [4.78, 5) is 14.9. The van der Waals surface area contributed by atoms with E-state index in [1.54, 1.807) is 30.2 Å². The number of nitrogens with zero attached hydrogens (tertiary/aromatic N) is 1. The van der Waals surface area contributed by atoms with Gasteiger partial charge in [-0.2, -0.15) is 0 Å². The van der Waals surface area contributed by atoms with Crippen LogP contribution in [0.1, 0.15) is 25.0 Å². The fourth-order valence-corrected chi connectivity index (χ4v) is 3.52. The van der Waals surface area contributed by atoms with Gasteiger partial charge in [-0.05, 0) is 49.6 Å². The van der Waals surface area contributed by atoms with Gasteiger partial charge in [0.2, 0.25) is 0 Å². The van der Waals surface area contributed by atoms with Crippen molar-refractivity contribution in [3.8, 4) is 5.75 Å². The smallest absolute Gasteiger partial charge is 0.265 e. The molecule has 0 aliphatic carbocycles. The van der Waals surface area contributed by atoms with Gasteiger partial charge in [0, 0.05) is 12.1 Å². The molecule has 0 saturated heterocycles. The minimum Gasteiger partial charge on any atom is -0.482 e. The van der Waals surface area contributed by atoms with Gasteiger partial charge in [0.15, 0.2) is 6.61 Å². The number of rotatable bonds is 8. The predicted molar refractivity (Wildman–Crippen MR) is 111 cm³/mol. The highest BCUT2D eigenvalue weighted by atomic mass is 35.5. The highest BCUT2D eigenvalue weighted by Gasteiger charge is 2.26. The van der Waals surface area contributed by atoms with Crippen LogP contribution in [0, 0.1) is 6.92 Å². The Hall–Kier alpha value is -1.75. The molecule has 1 atom stereocenters. The third kappa shape index (κ3) is 5.38. The van der Waals surface area contributed by atoms with Crippen molar-refractivity contribution in [2.75, 3.05) is 25.2 Å². The molecule has 0 N–H and O–H groups in total. The molecule has 2 rings (SSSR count). The van der Waals surface area contributed by atoms with Gasteiger partial charge in [0.1, 0.15) is 5.75 Å². The van der Waals surface area contributed by atoms with Gasteiger partial charge in [0.05, 0.1) is 23.4 Å². The first-order chi connectivity index (χ1) is 12.9. The molecule has 1 amide bonds. The Morgan fingerprint density at radius 3 is 2.59 bits per heavy atom. The van der Waals surface area contributed by atoms with Crippen LogP contribution >= 0.6 is 23.2 Å². The number of amides is 1. The fraction of sp³-hybridized carbons (Fsp3) is 0.381. The molecule has 0 fully saturated rings. The van der Waals surface area contributed by atoms with Crippen LogP contribution in [-0.2, 0) is 16.0 Å². The van der Waals surface area contributed by atoms with Crippen LogP contribution in [0.3, 0.4) is 0 Å². The molecule has 0 radical (unpaired) electrons. The summed E-state index contributed by atoms with van der Waals surface area (Å²) in [5.41, 5.74) is 3.06. The summed E-state index contributed by atoms with van der Waals surface area (Å²) < 4.78 is 11.0. The quantitative estimate of drug-likeness (QED) is 0.592. The van der Waals surface area contributed by atoms with E-state index in [4.69, 9.17) is 32.7 Å². The zero-order valence-corrected chi connectivity index (χ0v) is 17.6. The minimum atomic E-state index is -0.158. The number of para-hydroxylation sites is 1. The van der Waals surface area contributed by atoms with Gasteiger partial charge in [-0.15, -0.1) is 0 Å². The number of anilines is 1. The van der Waals surface area contributed by atoms with E-state index in [0.717, 1.165) is 23.2 Å². The van der Waals surface area contributed by atoms with Crippen molar-refractivity contribution in [2.24, 2.45) is 0 Å². The molecule has 0 bridgehead atoms. The first-order valence-corrected chi connectivity index (χ1v) is 9.62. The second kappa shape index (κ2) is 9.98. The number of ether oxygens (including phenoxy) is 2. The van der Waals surface area contributed by atoms with Crippen LogP contribution in [0.4, 0.5) is 5.69 Å². The van der Waals surface area contributed by atoms with Crippen molar-refractivity contribution in [3.05, 3.63) is 57.6 Å². The summed E-state index contributed by atoms with van der Waals surface area (Å²) in [5, 5.41) is 0.887. The van der Waals surface area contributed by atoms with E-state index in [9.17, 15) is 4.79 Å². The Kier molecular flexibility index (Phi) is 7.96. The van der Waals surface area contributed by atoms with Crippen LogP contribution in [-0.4, -0.2) is 32.3 Å². The lowest BCUT2D eigenvalue weighted by Gasteiger charge is -2.32. The lowest BCUT2D eigenvalue weighted by Crippen LogP contribution is -2.44. The van der Waals surface area contributed by atoms with E-state index < -0.39 is 0 Å². The van der Waals surface area contributed by atoms with E-state index in [1.165, 1.54) is 0 Å². The van der Waals surface area contributed by atoms with Crippen molar-refractivity contribution in [2.45, 2.75) is 33.2 Å². The van der Waals surface area contributed by atoms with Crippen LogP contribution in [0.5, 0.6) is 5.75 Å². The third-order valence-corrected chi connectivity index (χ3v) is 4.84. The summed E-state index contributed by atoms with van der Waals surface area (Å²) in [6.07, 6.45) is 0.824. The number of aryl methyl sites for hydroxylation is 2. The molecule has 0 aliphatic heterocycles. The van der Waals surface area contributed by atoms with Gasteiger partial charge >= 0.3 is 0 Å². The van der Waals surface area contributed by atoms with E-state index in [0.29, 0.717) is 22.4 Å². The first kappa shape index (κ1) is 21.5. The Morgan fingerprint density at radius 2 is 1.96 bits per heavy atom. The number of halogens is 2. The Labute approximate surface area is 171 Å². The summed E-state index contributed by atoms with van der Waals surface area (Å²) in [6, 6.07) is 10.8. The second-order valence-corrected chi connectivity index (χ2v) is 7.21. The monoisotopic (exact) mass is 409 g/mol. The molecule has 2 aromatic rings. The van der Waals surface area contributed by atoms with Crippen molar-refractivity contribution in [1.82, 2.24) is 0 Å². The maximum absolute atomic E-state index is 13.1. The molecule has 146 valence electrons. The average molecular weight is 410 g/mol. The summed E-state index contributed by atoms with van der Waals surface area (Å²) in [6.45, 7) is 6.33. The summed E-state index contributed by atoms with van der Waals surface area (Å²) in [7, 11) is 1.63. The molecule has 2 aromatic carbocycles. The minimum absolute atomic E-state index is 0.132. The Morgan fingerprint density at radius 1 is 1.22 bits per heavy atom. The number of hydrogen-bond acceptors (Lipinski definition) is 3. The van der Waals surface area contributed by atoms with Crippen LogP contribution in [0.2, 0.25) is 10.0 Å². The number of methoxy groups -OCH3 is 1. The molecule has 0 aromatic heterocycles. The number of hydrogen-bond donors (Lipinski definition) is 0. The molecular formula is C21H25Cl2NO3. The largest absolute Gasteiger partial charge is 0.482 e. The number of benzene rings is 2. The van der Waals surface area contributed by atoms with Gasteiger partial charge in [-0.25, -0.2) is 0 Å². The van der Waals surface area contributed by atoms with E-state index >= 15 is 0 Å². The highest BCUT2D eigenvalue weighted by Crippen LogP contribution is 2.30. The molecule has 0 heterocycles. The van der Waals surface area contributed by atoms with E-state index in [2.05, 4.69) is 6.92 Å². The Balaban J connectivity index is 2.30. The second-order valence-electron chi connectivity index (χ2n) is 6.37. The van der Waals surface area contributed by atoms with Gasteiger partial charge in [-0.3, -0.25) is 4.79 Å². The van der Waals surface area contributed by atoms with Crippen LogP contribution in [0.15, 0.2) is 36.4 Å². The molecule has 6 heteroatoms. The van der Waals surface area contributed by atoms with Crippen LogP contribution in [0.25, 0.3) is 0 Å². The van der Waals surface area contributed by atoms with Crippen molar-refractivity contribution >= 4 is 34.8 Å². The summed E-state index contributed by atoms with van der Waals surface area (Å²) in [5.74, 6) is 0.267. The number of carbonyl (C=O) groups excluding carboxylic acids is 1. The van der Waals surface area contributed by atoms with Crippen molar-refractivity contribution < 1.29 is 14.3 Å². The third-order valence-electron chi connectivity index (χ3n) is 4.31. The van der Waals surface area contributed by atoms with Crippen molar-refractivity contribution in [1.29, 1.82) is 0 Å². The first-order valence-electron chi connectivity index (χ1n) is 8.86. The van der Waals surface area contributed by atoms with E-state index in [-0.39, 0.29) is 18.6 Å². The SMILES string of the molecule is CCc1cccc(C)c1N(C(=O)COc1ccc(Cl)cc1Cl)[C@H](C)COC. The fourth-order valence-electron chi connectivity index (χ4n) is 3.06. The molecule has 4 nitrogen and oxygen atoms in total.